The molecule has 19 heavy (non-hydrogen) atoms. The molecule has 1 saturated carbocycles. The van der Waals surface area contributed by atoms with E-state index in [9.17, 15) is 4.79 Å². The van der Waals surface area contributed by atoms with E-state index in [0.29, 0.717) is 17.0 Å². The molecular weight excluding hydrogens is 236 g/mol. The molecule has 0 heterocycles. The first-order valence-corrected chi connectivity index (χ1v) is 7.09. The van der Waals surface area contributed by atoms with Gasteiger partial charge in [0.15, 0.2) is 0 Å². The lowest BCUT2D eigenvalue weighted by atomic mass is 9.75. The molecule has 0 spiro atoms. The average Bonchev–Trinajstić information content (AvgIpc) is 2.35. The van der Waals surface area contributed by atoms with Gasteiger partial charge in [0.25, 0.3) is 0 Å². The normalized spacial score (nSPS) is 22.1. The van der Waals surface area contributed by atoms with Crippen LogP contribution in [0.2, 0.25) is 0 Å². The highest BCUT2D eigenvalue weighted by atomic mass is 16.1. The molecule has 0 radical (unpaired) electrons. The number of benzene rings is 1. The molecule has 2 rings (SSSR count). The molecule has 1 aliphatic carbocycles. The second-order valence-electron chi connectivity index (χ2n) is 6.36. The monoisotopic (exact) mass is 260 g/mol. The first-order valence-electron chi connectivity index (χ1n) is 7.09. The average molecular weight is 260 g/mol. The van der Waals surface area contributed by atoms with Crippen molar-refractivity contribution < 1.29 is 4.79 Å². The molecule has 3 N–H and O–H groups in total. The molecule has 1 aliphatic rings. The Hall–Kier alpha value is -1.35. The van der Waals surface area contributed by atoms with Crippen molar-refractivity contribution in [2.75, 3.05) is 0 Å². The van der Waals surface area contributed by atoms with E-state index in [0.717, 1.165) is 12.1 Å². The molecule has 1 fully saturated rings. The van der Waals surface area contributed by atoms with E-state index in [2.05, 4.69) is 19.2 Å². The Balaban J connectivity index is 1.97. The van der Waals surface area contributed by atoms with Gasteiger partial charge < -0.3 is 11.1 Å². The standard InChI is InChI=1S/C16H24N2O/c1-16(2)9-5-7-13(10-16)18-11-12-6-3-4-8-14(12)15(17)19/h3-4,6,8,13,18H,5,7,9-11H2,1-2H3,(H2,17,19). The fourth-order valence-electron chi connectivity index (χ4n) is 3.04. The van der Waals surface area contributed by atoms with E-state index in [1.54, 1.807) is 6.07 Å². The van der Waals surface area contributed by atoms with Crippen LogP contribution in [0.25, 0.3) is 0 Å². The van der Waals surface area contributed by atoms with Crippen molar-refractivity contribution in [1.29, 1.82) is 0 Å². The SMILES string of the molecule is CC1(C)CCCC(NCc2ccccc2C(N)=O)C1. The van der Waals surface area contributed by atoms with Gasteiger partial charge in [-0.2, -0.15) is 0 Å². The topological polar surface area (TPSA) is 55.1 Å². The van der Waals surface area contributed by atoms with Crippen LogP contribution in [0.15, 0.2) is 24.3 Å². The van der Waals surface area contributed by atoms with Crippen molar-refractivity contribution in [3.63, 3.8) is 0 Å². The van der Waals surface area contributed by atoms with E-state index < -0.39 is 0 Å². The highest BCUT2D eigenvalue weighted by molar-refractivity contribution is 5.94. The van der Waals surface area contributed by atoms with Crippen LogP contribution in [0.3, 0.4) is 0 Å². The Morgan fingerprint density at radius 2 is 2.16 bits per heavy atom. The van der Waals surface area contributed by atoms with Gasteiger partial charge >= 0.3 is 0 Å². The summed E-state index contributed by atoms with van der Waals surface area (Å²) >= 11 is 0. The molecule has 0 bridgehead atoms. The summed E-state index contributed by atoms with van der Waals surface area (Å²) in [6.45, 7) is 5.39. The Kier molecular flexibility index (Phi) is 4.25. The first kappa shape index (κ1) is 14.1. The third kappa shape index (κ3) is 3.80. The van der Waals surface area contributed by atoms with Crippen LogP contribution in [0.4, 0.5) is 0 Å². The van der Waals surface area contributed by atoms with Crippen LogP contribution in [0.1, 0.15) is 55.5 Å². The minimum atomic E-state index is -0.346. The Morgan fingerprint density at radius 3 is 2.84 bits per heavy atom. The van der Waals surface area contributed by atoms with E-state index >= 15 is 0 Å². The quantitative estimate of drug-likeness (QED) is 0.874. The van der Waals surface area contributed by atoms with Crippen molar-refractivity contribution in [2.45, 2.75) is 52.1 Å². The number of nitrogens with two attached hydrogens (primary N) is 1. The molecule has 3 heteroatoms. The molecule has 1 atom stereocenters. The van der Waals surface area contributed by atoms with E-state index in [4.69, 9.17) is 5.73 Å². The zero-order chi connectivity index (χ0) is 13.9. The molecule has 3 nitrogen and oxygen atoms in total. The third-order valence-corrected chi connectivity index (χ3v) is 4.07. The molecule has 0 saturated heterocycles. The largest absolute Gasteiger partial charge is 0.366 e. The third-order valence-electron chi connectivity index (χ3n) is 4.07. The lowest BCUT2D eigenvalue weighted by molar-refractivity contribution is 0.0999. The van der Waals surface area contributed by atoms with Gasteiger partial charge in [-0.25, -0.2) is 0 Å². The maximum absolute atomic E-state index is 11.4. The fourth-order valence-corrected chi connectivity index (χ4v) is 3.04. The molecular formula is C16H24N2O. The lowest BCUT2D eigenvalue weighted by Crippen LogP contribution is -2.37. The molecule has 1 aromatic rings. The number of rotatable bonds is 4. The van der Waals surface area contributed by atoms with Crippen molar-refractivity contribution in [2.24, 2.45) is 11.1 Å². The highest BCUT2D eigenvalue weighted by Crippen LogP contribution is 2.35. The van der Waals surface area contributed by atoms with Crippen molar-refractivity contribution >= 4 is 5.91 Å². The maximum atomic E-state index is 11.4. The number of hydrogen-bond donors (Lipinski definition) is 2. The lowest BCUT2D eigenvalue weighted by Gasteiger charge is -2.35. The van der Waals surface area contributed by atoms with Crippen LogP contribution in [-0.2, 0) is 6.54 Å². The summed E-state index contributed by atoms with van der Waals surface area (Å²) in [5, 5.41) is 3.58. The van der Waals surface area contributed by atoms with Gasteiger partial charge in [0, 0.05) is 18.2 Å². The number of amides is 1. The Labute approximate surface area is 115 Å². The Bertz CT molecular complexity index is 454. The predicted molar refractivity (Wildman–Crippen MR) is 77.8 cm³/mol. The van der Waals surface area contributed by atoms with E-state index in [1.807, 2.05) is 18.2 Å². The van der Waals surface area contributed by atoms with Crippen molar-refractivity contribution in [3.8, 4) is 0 Å². The smallest absolute Gasteiger partial charge is 0.249 e. The van der Waals surface area contributed by atoms with Crippen LogP contribution in [-0.4, -0.2) is 11.9 Å². The fraction of sp³-hybridized carbons (Fsp3) is 0.562. The zero-order valence-electron chi connectivity index (χ0n) is 11.9. The van der Waals surface area contributed by atoms with Crippen LogP contribution >= 0.6 is 0 Å². The molecule has 1 amide bonds. The van der Waals surface area contributed by atoms with E-state index in [-0.39, 0.29) is 5.91 Å². The van der Waals surface area contributed by atoms with Gasteiger partial charge in [0.1, 0.15) is 0 Å². The van der Waals surface area contributed by atoms with Crippen molar-refractivity contribution in [3.05, 3.63) is 35.4 Å². The first-order chi connectivity index (χ1) is 8.98. The van der Waals surface area contributed by atoms with Gasteiger partial charge in [-0.1, -0.05) is 38.5 Å². The molecule has 1 unspecified atom stereocenters. The molecule has 0 aromatic heterocycles. The second-order valence-corrected chi connectivity index (χ2v) is 6.36. The van der Waals surface area contributed by atoms with Crippen LogP contribution in [0.5, 0.6) is 0 Å². The summed E-state index contributed by atoms with van der Waals surface area (Å²) in [5.74, 6) is -0.346. The number of hydrogen-bond acceptors (Lipinski definition) is 2. The summed E-state index contributed by atoms with van der Waals surface area (Å²) in [6.07, 6.45) is 5.01. The van der Waals surface area contributed by atoms with Gasteiger partial charge in [0.2, 0.25) is 5.91 Å². The van der Waals surface area contributed by atoms with Gasteiger partial charge in [-0.05, 0) is 36.3 Å². The summed E-state index contributed by atoms with van der Waals surface area (Å²) in [6, 6.07) is 8.12. The van der Waals surface area contributed by atoms with Crippen LogP contribution in [0, 0.1) is 5.41 Å². The predicted octanol–water partition coefficient (Wildman–Crippen LogP) is 2.84. The molecule has 0 aliphatic heterocycles. The minimum absolute atomic E-state index is 0.346. The maximum Gasteiger partial charge on any atom is 0.249 e. The van der Waals surface area contributed by atoms with Crippen molar-refractivity contribution in [1.82, 2.24) is 5.32 Å². The second kappa shape index (κ2) is 5.74. The van der Waals surface area contributed by atoms with Crippen LogP contribution < -0.4 is 11.1 Å². The molecule has 1 aromatic carbocycles. The summed E-state index contributed by atoms with van der Waals surface area (Å²) in [5.41, 5.74) is 7.46. The zero-order valence-corrected chi connectivity index (χ0v) is 11.9. The van der Waals surface area contributed by atoms with Gasteiger partial charge in [0.05, 0.1) is 0 Å². The van der Waals surface area contributed by atoms with Gasteiger partial charge in [-0.15, -0.1) is 0 Å². The summed E-state index contributed by atoms with van der Waals surface area (Å²) in [4.78, 5) is 11.4. The highest BCUT2D eigenvalue weighted by Gasteiger charge is 2.27. The number of nitrogens with one attached hydrogen (secondary N) is 1. The number of carbonyl (C=O) groups excluding carboxylic acids is 1. The Morgan fingerprint density at radius 1 is 1.42 bits per heavy atom. The number of primary amides is 1. The van der Waals surface area contributed by atoms with Gasteiger partial charge in [-0.3, -0.25) is 4.79 Å². The molecule has 104 valence electrons. The minimum Gasteiger partial charge on any atom is -0.366 e. The summed E-state index contributed by atoms with van der Waals surface area (Å²) < 4.78 is 0. The number of carbonyl (C=O) groups is 1. The van der Waals surface area contributed by atoms with E-state index in [1.165, 1.54) is 25.7 Å². The summed E-state index contributed by atoms with van der Waals surface area (Å²) in [7, 11) is 0.